The summed E-state index contributed by atoms with van der Waals surface area (Å²) in [7, 11) is 0. The van der Waals surface area contributed by atoms with Crippen LogP contribution in [0.4, 0.5) is 5.69 Å². The molecule has 0 heterocycles. The Kier molecular flexibility index (Phi) is 6.88. The molecule has 1 N–H and O–H groups in total. The highest BCUT2D eigenvalue weighted by molar-refractivity contribution is 6.00. The van der Waals surface area contributed by atoms with Gasteiger partial charge in [-0.15, -0.1) is 0 Å². The van der Waals surface area contributed by atoms with Crippen molar-refractivity contribution in [3.63, 3.8) is 0 Å². The number of hydrogen-bond donors (Lipinski definition) is 1. The van der Waals surface area contributed by atoms with Gasteiger partial charge < -0.3 is 10.1 Å². The van der Waals surface area contributed by atoms with Crippen molar-refractivity contribution in [2.24, 2.45) is 5.92 Å². The second-order valence-electron chi connectivity index (χ2n) is 6.65. The first-order valence-electron chi connectivity index (χ1n) is 9.06. The Labute approximate surface area is 159 Å². The zero-order valence-corrected chi connectivity index (χ0v) is 16.1. The van der Waals surface area contributed by atoms with Crippen LogP contribution in [0.1, 0.15) is 54.8 Å². The molecule has 5 heteroatoms. The van der Waals surface area contributed by atoms with Crippen LogP contribution < -0.4 is 10.1 Å². The number of carbonyl (C=O) groups is 3. The fourth-order valence-corrected chi connectivity index (χ4v) is 2.42. The second kappa shape index (κ2) is 9.12. The quantitative estimate of drug-likeness (QED) is 0.696. The average molecular weight is 367 g/mol. The molecular formula is C22H25NO4. The van der Waals surface area contributed by atoms with Crippen molar-refractivity contribution < 1.29 is 19.1 Å². The Hall–Kier alpha value is -2.95. The van der Waals surface area contributed by atoms with Crippen LogP contribution in [0.15, 0.2) is 48.5 Å². The molecule has 0 saturated carbocycles. The fraction of sp³-hybridized carbons (Fsp3) is 0.318. The van der Waals surface area contributed by atoms with Gasteiger partial charge in [0.2, 0.25) is 11.7 Å². The molecule has 0 aliphatic heterocycles. The minimum atomic E-state index is -0.672. The highest BCUT2D eigenvalue weighted by Gasteiger charge is 2.17. The molecule has 0 bridgehead atoms. The van der Waals surface area contributed by atoms with Crippen molar-refractivity contribution in [3.8, 4) is 5.75 Å². The number of Topliss-reactive ketones (excluding diaryl/α,β-unsaturated/α-hetero) is 2. The Morgan fingerprint density at radius 2 is 1.44 bits per heavy atom. The molecule has 142 valence electrons. The predicted molar refractivity (Wildman–Crippen MR) is 105 cm³/mol. The summed E-state index contributed by atoms with van der Waals surface area (Å²) in [5.74, 6) is 0.250. The largest absolute Gasteiger partial charge is 0.483 e. The first-order chi connectivity index (χ1) is 12.8. The van der Waals surface area contributed by atoms with E-state index >= 15 is 0 Å². The van der Waals surface area contributed by atoms with Gasteiger partial charge in [-0.3, -0.25) is 14.4 Å². The van der Waals surface area contributed by atoms with Crippen LogP contribution in [0.3, 0.4) is 0 Å². The van der Waals surface area contributed by atoms with E-state index in [-0.39, 0.29) is 23.4 Å². The van der Waals surface area contributed by atoms with Gasteiger partial charge in [0, 0.05) is 29.2 Å². The van der Waals surface area contributed by atoms with E-state index in [0.29, 0.717) is 29.0 Å². The molecule has 27 heavy (non-hydrogen) atoms. The Bertz CT molecular complexity index is 807. The van der Waals surface area contributed by atoms with Crippen LogP contribution in [0, 0.1) is 5.92 Å². The molecule has 2 aromatic carbocycles. The van der Waals surface area contributed by atoms with Crippen LogP contribution in [0.5, 0.6) is 5.75 Å². The van der Waals surface area contributed by atoms with Crippen molar-refractivity contribution in [2.45, 2.75) is 40.2 Å². The second-order valence-corrected chi connectivity index (χ2v) is 6.65. The maximum atomic E-state index is 12.5. The molecule has 2 aromatic rings. The van der Waals surface area contributed by atoms with Crippen LogP contribution in [0.2, 0.25) is 0 Å². The van der Waals surface area contributed by atoms with Crippen molar-refractivity contribution in [2.75, 3.05) is 5.32 Å². The lowest BCUT2D eigenvalue weighted by Crippen LogP contribution is -2.24. The summed E-state index contributed by atoms with van der Waals surface area (Å²) in [6.45, 7) is 7.13. The van der Waals surface area contributed by atoms with Crippen LogP contribution in [-0.2, 0) is 4.79 Å². The van der Waals surface area contributed by atoms with Crippen LogP contribution in [-0.4, -0.2) is 23.6 Å². The van der Waals surface area contributed by atoms with Gasteiger partial charge in [0.1, 0.15) is 5.75 Å². The normalized spacial score (nSPS) is 11.7. The zero-order valence-electron chi connectivity index (χ0n) is 16.1. The number of amides is 1. The molecule has 0 radical (unpaired) electrons. The zero-order chi connectivity index (χ0) is 20.0. The minimum absolute atomic E-state index is 0.0651. The molecule has 0 fully saturated rings. The number of benzene rings is 2. The molecule has 1 unspecified atom stereocenters. The monoisotopic (exact) mass is 367 g/mol. The van der Waals surface area contributed by atoms with E-state index in [0.717, 1.165) is 0 Å². The molecule has 1 amide bonds. The molecule has 1 atom stereocenters. The highest BCUT2D eigenvalue weighted by Crippen LogP contribution is 2.18. The van der Waals surface area contributed by atoms with Gasteiger partial charge in [-0.2, -0.15) is 0 Å². The maximum absolute atomic E-state index is 12.5. The summed E-state index contributed by atoms with van der Waals surface area (Å²) in [5.41, 5.74) is 1.78. The summed E-state index contributed by atoms with van der Waals surface area (Å²) in [6.07, 6.45) is -0.225. The van der Waals surface area contributed by atoms with Crippen LogP contribution in [0.25, 0.3) is 0 Å². The highest BCUT2D eigenvalue weighted by atomic mass is 16.5. The van der Waals surface area contributed by atoms with Crippen molar-refractivity contribution in [3.05, 3.63) is 59.7 Å². The lowest BCUT2D eigenvalue weighted by Gasteiger charge is -2.14. The van der Waals surface area contributed by atoms with Gasteiger partial charge >= 0.3 is 0 Å². The maximum Gasteiger partial charge on any atom is 0.226 e. The average Bonchev–Trinajstić information content (AvgIpc) is 2.67. The Morgan fingerprint density at radius 1 is 0.889 bits per heavy atom. The summed E-state index contributed by atoms with van der Waals surface area (Å²) in [4.78, 5) is 35.9. The van der Waals surface area contributed by atoms with Crippen molar-refractivity contribution in [1.29, 1.82) is 0 Å². The summed E-state index contributed by atoms with van der Waals surface area (Å²) in [6, 6.07) is 13.5. The smallest absolute Gasteiger partial charge is 0.226 e. The van der Waals surface area contributed by atoms with Crippen LogP contribution >= 0.6 is 0 Å². The number of carbonyl (C=O) groups excluding carboxylic acids is 3. The third-order valence-electron chi connectivity index (χ3n) is 4.14. The first kappa shape index (κ1) is 20.4. The van der Waals surface area contributed by atoms with Gasteiger partial charge in [-0.05, 0) is 55.5 Å². The Balaban J connectivity index is 2.00. The molecule has 5 nitrogen and oxygen atoms in total. The van der Waals surface area contributed by atoms with Gasteiger partial charge in [0.25, 0.3) is 0 Å². The Morgan fingerprint density at radius 3 is 1.96 bits per heavy atom. The number of rotatable bonds is 8. The lowest BCUT2D eigenvalue weighted by molar-refractivity contribution is -0.118. The molecular weight excluding hydrogens is 342 g/mol. The molecule has 0 saturated heterocycles. The van der Waals surface area contributed by atoms with Gasteiger partial charge in [0.05, 0.1) is 0 Å². The number of ether oxygens (including phenoxy) is 1. The molecule has 2 rings (SSSR count). The number of hydrogen-bond acceptors (Lipinski definition) is 4. The fourth-order valence-electron chi connectivity index (χ4n) is 2.42. The van der Waals surface area contributed by atoms with Crippen molar-refractivity contribution >= 4 is 23.2 Å². The van der Waals surface area contributed by atoms with Gasteiger partial charge in [-0.1, -0.05) is 20.8 Å². The van der Waals surface area contributed by atoms with E-state index < -0.39 is 6.10 Å². The minimum Gasteiger partial charge on any atom is -0.483 e. The van der Waals surface area contributed by atoms with Gasteiger partial charge in [-0.25, -0.2) is 0 Å². The summed E-state index contributed by atoms with van der Waals surface area (Å²) < 4.78 is 5.69. The SMILES string of the molecule is CCC(=O)c1ccc(OC(C)C(=O)c2ccc(NC(=O)C(C)C)cc2)cc1. The van der Waals surface area contributed by atoms with E-state index in [1.807, 2.05) is 20.8 Å². The lowest BCUT2D eigenvalue weighted by atomic mass is 10.1. The van der Waals surface area contributed by atoms with Gasteiger partial charge in [0.15, 0.2) is 11.9 Å². The van der Waals surface area contributed by atoms with E-state index in [9.17, 15) is 14.4 Å². The molecule has 0 aliphatic carbocycles. The third-order valence-corrected chi connectivity index (χ3v) is 4.14. The van der Waals surface area contributed by atoms with Crippen molar-refractivity contribution in [1.82, 2.24) is 0 Å². The first-order valence-corrected chi connectivity index (χ1v) is 9.06. The molecule has 0 spiro atoms. The number of ketones is 2. The number of nitrogens with one attached hydrogen (secondary N) is 1. The third kappa shape index (κ3) is 5.51. The number of anilines is 1. The van der Waals surface area contributed by atoms with E-state index in [2.05, 4.69) is 5.32 Å². The van der Waals surface area contributed by atoms with E-state index in [1.165, 1.54) is 0 Å². The molecule has 0 aliphatic rings. The van der Waals surface area contributed by atoms with E-state index in [4.69, 9.17) is 4.74 Å². The standard InChI is InChI=1S/C22H25NO4/c1-5-20(24)16-8-12-19(13-9-16)27-15(4)21(25)17-6-10-18(11-7-17)23-22(26)14(2)3/h6-15H,5H2,1-4H3,(H,23,26). The predicted octanol–water partition coefficient (Wildman–Crippen LogP) is 4.52. The molecule has 0 aromatic heterocycles. The summed E-state index contributed by atoms with van der Waals surface area (Å²) >= 11 is 0. The van der Waals surface area contributed by atoms with E-state index in [1.54, 1.807) is 55.5 Å². The summed E-state index contributed by atoms with van der Waals surface area (Å²) in [5, 5.41) is 2.79. The topological polar surface area (TPSA) is 72.5 Å².